The van der Waals surface area contributed by atoms with E-state index in [1.165, 1.54) is 29.2 Å². The van der Waals surface area contributed by atoms with Crippen LogP contribution >= 0.6 is 0 Å². The van der Waals surface area contributed by atoms with E-state index < -0.39 is 24.1 Å². The van der Waals surface area contributed by atoms with Gasteiger partial charge in [-0.15, -0.1) is 0 Å². The number of carbonyl (C=O) groups is 3. The third kappa shape index (κ3) is 4.46. The fourth-order valence-electron chi connectivity index (χ4n) is 1.66. The minimum absolute atomic E-state index is 0.198. The van der Waals surface area contributed by atoms with Gasteiger partial charge in [-0.3, -0.25) is 9.59 Å². The van der Waals surface area contributed by atoms with Crippen molar-refractivity contribution in [2.45, 2.75) is 32.9 Å². The summed E-state index contributed by atoms with van der Waals surface area (Å²) >= 11 is 0. The Balaban J connectivity index is 2.78. The summed E-state index contributed by atoms with van der Waals surface area (Å²) in [5.74, 6) is -3.70. The molecule has 0 atom stereocenters. The SMILES string of the molecule is CC(C)N(Cc1ccc(F)cc1)C(=O)CC(=O)C(=O)O. The van der Waals surface area contributed by atoms with Crippen LogP contribution in [0.3, 0.4) is 0 Å². The fraction of sp³-hybridized carbons (Fsp3) is 0.357. The molecule has 1 N–H and O–H groups in total. The van der Waals surface area contributed by atoms with Crippen LogP contribution in [-0.4, -0.2) is 33.7 Å². The van der Waals surface area contributed by atoms with Crippen LogP contribution < -0.4 is 0 Å². The Hall–Kier alpha value is -2.24. The first-order valence-corrected chi connectivity index (χ1v) is 6.11. The van der Waals surface area contributed by atoms with Crippen molar-refractivity contribution in [3.8, 4) is 0 Å². The molecule has 1 aromatic rings. The zero-order chi connectivity index (χ0) is 15.3. The number of carboxylic acid groups (broad SMARTS) is 1. The van der Waals surface area contributed by atoms with E-state index in [9.17, 15) is 18.8 Å². The van der Waals surface area contributed by atoms with Crippen molar-refractivity contribution in [3.63, 3.8) is 0 Å². The predicted molar refractivity (Wildman–Crippen MR) is 69.3 cm³/mol. The molecule has 0 unspecified atom stereocenters. The highest BCUT2D eigenvalue weighted by molar-refractivity contribution is 6.36. The van der Waals surface area contributed by atoms with Crippen molar-refractivity contribution in [1.29, 1.82) is 0 Å². The molecule has 0 aromatic heterocycles. The Kier molecular flexibility index (Phi) is 5.37. The Morgan fingerprint density at radius 1 is 1.20 bits per heavy atom. The third-order valence-corrected chi connectivity index (χ3v) is 2.76. The van der Waals surface area contributed by atoms with Crippen LogP contribution in [0.5, 0.6) is 0 Å². The Morgan fingerprint density at radius 2 is 1.75 bits per heavy atom. The van der Waals surface area contributed by atoms with Gasteiger partial charge in [-0.2, -0.15) is 0 Å². The molecule has 0 spiro atoms. The number of halogens is 1. The maximum Gasteiger partial charge on any atom is 0.372 e. The van der Waals surface area contributed by atoms with E-state index in [1.54, 1.807) is 13.8 Å². The van der Waals surface area contributed by atoms with E-state index >= 15 is 0 Å². The van der Waals surface area contributed by atoms with Crippen LogP contribution in [0.4, 0.5) is 4.39 Å². The molecule has 0 bridgehead atoms. The average molecular weight is 281 g/mol. The summed E-state index contributed by atoms with van der Waals surface area (Å²) in [4.78, 5) is 34.9. The van der Waals surface area contributed by atoms with Gasteiger partial charge in [0.1, 0.15) is 5.82 Å². The minimum Gasteiger partial charge on any atom is -0.475 e. The zero-order valence-electron chi connectivity index (χ0n) is 11.3. The molecule has 0 radical (unpaired) electrons. The molecule has 0 saturated carbocycles. The van der Waals surface area contributed by atoms with Gasteiger partial charge in [0.15, 0.2) is 0 Å². The lowest BCUT2D eigenvalue weighted by atomic mass is 10.1. The van der Waals surface area contributed by atoms with Crippen molar-refractivity contribution in [3.05, 3.63) is 35.6 Å². The second kappa shape index (κ2) is 6.79. The lowest BCUT2D eigenvalue weighted by Crippen LogP contribution is -2.38. The summed E-state index contributed by atoms with van der Waals surface area (Å²) in [6.07, 6.45) is -0.672. The topological polar surface area (TPSA) is 74.7 Å². The van der Waals surface area contributed by atoms with Crippen molar-refractivity contribution in [2.75, 3.05) is 0 Å². The number of carbonyl (C=O) groups excluding carboxylic acids is 2. The largest absolute Gasteiger partial charge is 0.475 e. The van der Waals surface area contributed by atoms with Gasteiger partial charge in [0.25, 0.3) is 0 Å². The third-order valence-electron chi connectivity index (χ3n) is 2.76. The second-order valence-corrected chi connectivity index (χ2v) is 4.65. The predicted octanol–water partition coefficient (Wildman–Crippen LogP) is 1.61. The van der Waals surface area contributed by atoms with Crippen LogP contribution in [0.25, 0.3) is 0 Å². The molecule has 5 nitrogen and oxygen atoms in total. The van der Waals surface area contributed by atoms with E-state index in [1.807, 2.05) is 0 Å². The molecule has 1 rings (SSSR count). The maximum absolute atomic E-state index is 12.8. The highest BCUT2D eigenvalue weighted by atomic mass is 19.1. The van der Waals surface area contributed by atoms with E-state index in [2.05, 4.69) is 0 Å². The molecule has 1 aromatic carbocycles. The molecular formula is C14H16FNO4. The molecule has 0 aliphatic rings. The van der Waals surface area contributed by atoms with Crippen molar-refractivity contribution in [2.24, 2.45) is 0 Å². The van der Waals surface area contributed by atoms with Gasteiger partial charge in [0.2, 0.25) is 11.7 Å². The number of hydrogen-bond donors (Lipinski definition) is 1. The number of Topliss-reactive ketones (excluding diaryl/α,β-unsaturated/α-hetero) is 1. The summed E-state index contributed by atoms with van der Waals surface area (Å²) < 4.78 is 12.8. The molecular weight excluding hydrogens is 265 g/mol. The zero-order valence-corrected chi connectivity index (χ0v) is 11.3. The monoisotopic (exact) mass is 281 g/mol. The highest BCUT2D eigenvalue weighted by Crippen LogP contribution is 2.11. The number of ketones is 1. The molecule has 0 aliphatic heterocycles. The van der Waals surface area contributed by atoms with E-state index in [-0.39, 0.29) is 18.4 Å². The fourth-order valence-corrected chi connectivity index (χ4v) is 1.66. The number of nitrogens with zero attached hydrogens (tertiary/aromatic N) is 1. The molecule has 1 amide bonds. The standard InChI is InChI=1S/C14H16FNO4/c1-9(2)16(13(18)7-12(17)14(19)20)8-10-3-5-11(15)6-4-10/h3-6,9H,7-8H2,1-2H3,(H,19,20). The summed E-state index contributed by atoms with van der Waals surface area (Å²) in [5, 5.41) is 8.51. The number of amides is 1. The second-order valence-electron chi connectivity index (χ2n) is 4.65. The lowest BCUT2D eigenvalue weighted by Gasteiger charge is -2.26. The van der Waals surface area contributed by atoms with Crippen LogP contribution in [0.2, 0.25) is 0 Å². The van der Waals surface area contributed by atoms with E-state index in [0.717, 1.165) is 0 Å². The molecule has 0 saturated heterocycles. The first-order chi connectivity index (χ1) is 9.31. The number of carboxylic acids is 1. The first kappa shape index (κ1) is 15.8. The summed E-state index contributed by atoms with van der Waals surface area (Å²) in [5.41, 5.74) is 0.705. The van der Waals surface area contributed by atoms with Crippen LogP contribution in [0.15, 0.2) is 24.3 Å². The van der Waals surface area contributed by atoms with Crippen LogP contribution in [-0.2, 0) is 20.9 Å². The smallest absolute Gasteiger partial charge is 0.372 e. The van der Waals surface area contributed by atoms with Crippen LogP contribution in [0, 0.1) is 5.82 Å². The van der Waals surface area contributed by atoms with Gasteiger partial charge in [0, 0.05) is 12.6 Å². The molecule has 108 valence electrons. The van der Waals surface area contributed by atoms with Gasteiger partial charge in [-0.25, -0.2) is 9.18 Å². The quantitative estimate of drug-likeness (QED) is 0.635. The van der Waals surface area contributed by atoms with Crippen molar-refractivity contribution >= 4 is 17.7 Å². The number of hydrogen-bond acceptors (Lipinski definition) is 3. The summed E-state index contributed by atoms with van der Waals surface area (Å²) in [7, 11) is 0. The molecule has 6 heteroatoms. The maximum atomic E-state index is 12.8. The van der Waals surface area contributed by atoms with Crippen molar-refractivity contribution in [1.82, 2.24) is 4.90 Å². The Bertz CT molecular complexity index is 510. The Labute approximate surface area is 116 Å². The summed E-state index contributed by atoms with van der Waals surface area (Å²) in [6.45, 7) is 3.71. The highest BCUT2D eigenvalue weighted by Gasteiger charge is 2.23. The normalized spacial score (nSPS) is 10.4. The Morgan fingerprint density at radius 3 is 2.20 bits per heavy atom. The van der Waals surface area contributed by atoms with Gasteiger partial charge in [0.05, 0.1) is 6.42 Å². The van der Waals surface area contributed by atoms with E-state index in [0.29, 0.717) is 5.56 Å². The minimum atomic E-state index is -1.62. The van der Waals surface area contributed by atoms with E-state index in [4.69, 9.17) is 5.11 Å². The first-order valence-electron chi connectivity index (χ1n) is 6.11. The summed E-state index contributed by atoms with van der Waals surface area (Å²) in [6, 6.07) is 5.43. The number of rotatable bonds is 6. The van der Waals surface area contributed by atoms with Gasteiger partial charge in [-0.05, 0) is 31.5 Å². The van der Waals surface area contributed by atoms with Gasteiger partial charge in [-0.1, -0.05) is 12.1 Å². The van der Waals surface area contributed by atoms with Gasteiger partial charge < -0.3 is 10.0 Å². The molecule has 0 heterocycles. The number of aliphatic carboxylic acids is 1. The van der Waals surface area contributed by atoms with Crippen LogP contribution in [0.1, 0.15) is 25.8 Å². The number of benzene rings is 1. The molecule has 20 heavy (non-hydrogen) atoms. The lowest BCUT2D eigenvalue weighted by molar-refractivity contribution is -0.152. The average Bonchev–Trinajstić information content (AvgIpc) is 2.37. The van der Waals surface area contributed by atoms with Crippen molar-refractivity contribution < 1.29 is 23.9 Å². The van der Waals surface area contributed by atoms with Gasteiger partial charge >= 0.3 is 5.97 Å². The molecule has 0 aliphatic carbocycles. The molecule has 0 fully saturated rings.